The van der Waals surface area contributed by atoms with Gasteiger partial charge in [-0.15, -0.1) is 11.3 Å². The lowest BCUT2D eigenvalue weighted by atomic mass is 10.2. The zero-order chi connectivity index (χ0) is 24.5. The van der Waals surface area contributed by atoms with Gasteiger partial charge in [0, 0.05) is 29.1 Å². The Morgan fingerprint density at radius 2 is 1.77 bits per heavy atom. The number of pyridine rings is 1. The molecule has 2 aromatic carbocycles. The Labute approximate surface area is 216 Å². The fourth-order valence-corrected chi connectivity index (χ4v) is 5.80. The van der Waals surface area contributed by atoms with Crippen LogP contribution in [0.2, 0.25) is 0 Å². The number of rotatable bonds is 7. The molecule has 0 atom stereocenters. The van der Waals surface area contributed by atoms with Crippen LogP contribution in [0.15, 0.2) is 51.8 Å². The second kappa shape index (κ2) is 9.68. The lowest BCUT2D eigenvalue weighted by molar-refractivity contribution is 0.102. The molecule has 0 saturated heterocycles. The van der Waals surface area contributed by atoms with E-state index in [2.05, 4.69) is 31.2 Å². The molecule has 1 N–H and O–H groups in total. The molecule has 3 heterocycles. The predicted octanol–water partition coefficient (Wildman–Crippen LogP) is 6.74. The van der Waals surface area contributed by atoms with Crippen molar-refractivity contribution in [1.82, 2.24) is 9.97 Å². The van der Waals surface area contributed by atoms with Crippen molar-refractivity contribution in [3.8, 4) is 28.7 Å². The van der Waals surface area contributed by atoms with Crippen molar-refractivity contribution in [2.24, 2.45) is 0 Å². The minimum atomic E-state index is -0.285. The smallest absolute Gasteiger partial charge is 0.262 e. The van der Waals surface area contributed by atoms with Crippen molar-refractivity contribution in [1.29, 1.82) is 0 Å². The van der Waals surface area contributed by atoms with Crippen LogP contribution < -0.4 is 24.3 Å². The van der Waals surface area contributed by atoms with Crippen LogP contribution in [0.4, 0.5) is 5.13 Å². The molecule has 0 bridgehead atoms. The van der Waals surface area contributed by atoms with Gasteiger partial charge in [-0.2, -0.15) is 0 Å². The van der Waals surface area contributed by atoms with Crippen LogP contribution in [0.5, 0.6) is 28.7 Å². The maximum absolute atomic E-state index is 12.7. The molecule has 0 saturated carbocycles. The molecule has 3 aromatic heterocycles. The van der Waals surface area contributed by atoms with Gasteiger partial charge in [-0.05, 0) is 40.2 Å². The first-order valence-electron chi connectivity index (χ1n) is 10.2. The molecule has 35 heavy (non-hydrogen) atoms. The summed E-state index contributed by atoms with van der Waals surface area (Å²) >= 11 is 6.14. The number of thiazole rings is 1. The van der Waals surface area contributed by atoms with E-state index in [4.69, 9.17) is 18.9 Å². The summed E-state index contributed by atoms with van der Waals surface area (Å²) in [4.78, 5) is 21.7. The van der Waals surface area contributed by atoms with E-state index in [0.29, 0.717) is 39.4 Å². The van der Waals surface area contributed by atoms with Crippen LogP contribution in [-0.4, -0.2) is 37.2 Å². The number of hydrogen-bond donors (Lipinski definition) is 1. The minimum Gasteiger partial charge on any atom is -0.494 e. The Morgan fingerprint density at radius 3 is 2.54 bits per heavy atom. The first kappa shape index (κ1) is 23.3. The van der Waals surface area contributed by atoms with Gasteiger partial charge in [0.25, 0.3) is 5.91 Å². The summed E-state index contributed by atoms with van der Waals surface area (Å²) in [5.74, 6) is 2.66. The Kier molecular flexibility index (Phi) is 6.46. The van der Waals surface area contributed by atoms with Crippen LogP contribution in [0.1, 0.15) is 10.4 Å². The Hall–Kier alpha value is -3.41. The zero-order valence-electron chi connectivity index (χ0n) is 18.7. The molecule has 0 radical (unpaired) electrons. The minimum absolute atomic E-state index is 0.285. The van der Waals surface area contributed by atoms with Gasteiger partial charge in [-0.3, -0.25) is 15.1 Å². The molecule has 0 aliphatic carbocycles. The monoisotopic (exact) mass is 571 g/mol. The van der Waals surface area contributed by atoms with Gasteiger partial charge < -0.3 is 18.9 Å². The summed E-state index contributed by atoms with van der Waals surface area (Å²) in [5, 5.41) is 5.86. The molecule has 0 aliphatic rings. The number of carbonyl (C=O) groups excluding carboxylic acids is 1. The number of halogens is 1. The molecule has 178 valence electrons. The van der Waals surface area contributed by atoms with Gasteiger partial charge in [0.1, 0.15) is 15.3 Å². The van der Waals surface area contributed by atoms with Crippen molar-refractivity contribution < 1.29 is 23.7 Å². The van der Waals surface area contributed by atoms with E-state index < -0.39 is 0 Å². The van der Waals surface area contributed by atoms with E-state index >= 15 is 0 Å². The van der Waals surface area contributed by atoms with Crippen molar-refractivity contribution in [3.63, 3.8) is 0 Å². The number of methoxy groups -OCH3 is 3. The number of nitrogens with zero attached hydrogens (tertiary/aromatic N) is 2. The summed E-state index contributed by atoms with van der Waals surface area (Å²) in [6, 6.07) is 11.0. The molecular weight excluding hydrogens is 554 g/mol. The molecule has 1 amide bonds. The van der Waals surface area contributed by atoms with Gasteiger partial charge >= 0.3 is 0 Å². The maximum atomic E-state index is 12.7. The molecule has 11 heteroatoms. The van der Waals surface area contributed by atoms with Gasteiger partial charge in [-0.1, -0.05) is 11.3 Å². The van der Waals surface area contributed by atoms with Gasteiger partial charge in [0.15, 0.2) is 22.4 Å². The number of nitrogens with one attached hydrogen (secondary N) is 1. The summed E-state index contributed by atoms with van der Waals surface area (Å²) in [5.41, 5.74) is 1.92. The third kappa shape index (κ3) is 4.49. The van der Waals surface area contributed by atoms with Gasteiger partial charge in [0.2, 0.25) is 0 Å². The molecule has 5 aromatic rings. The second-order valence-electron chi connectivity index (χ2n) is 7.19. The normalized spacial score (nSPS) is 11.0. The highest BCUT2D eigenvalue weighted by Crippen LogP contribution is 2.39. The Balaban J connectivity index is 1.42. The fourth-order valence-electron chi connectivity index (χ4n) is 3.52. The van der Waals surface area contributed by atoms with Crippen molar-refractivity contribution >= 4 is 70.8 Å². The fraction of sp³-hybridized carbons (Fsp3) is 0.125. The molecule has 8 nitrogen and oxygen atoms in total. The number of ether oxygens (including phenoxy) is 4. The number of thiophene rings is 1. The van der Waals surface area contributed by atoms with Crippen LogP contribution in [-0.2, 0) is 0 Å². The van der Waals surface area contributed by atoms with Gasteiger partial charge in [-0.25, -0.2) is 4.98 Å². The van der Waals surface area contributed by atoms with E-state index in [9.17, 15) is 4.79 Å². The lowest BCUT2D eigenvalue weighted by Gasteiger charge is -2.12. The lowest BCUT2D eigenvalue weighted by Crippen LogP contribution is -2.11. The third-order valence-electron chi connectivity index (χ3n) is 5.17. The first-order valence-corrected chi connectivity index (χ1v) is 12.7. The number of anilines is 1. The van der Waals surface area contributed by atoms with Crippen molar-refractivity contribution in [3.05, 3.63) is 57.3 Å². The summed E-state index contributed by atoms with van der Waals surface area (Å²) < 4.78 is 23.9. The average Bonchev–Trinajstić information content (AvgIpc) is 3.45. The molecular formula is C24H18BrN3O5S2. The number of fused-ring (bicyclic) bond motifs is 2. The van der Waals surface area contributed by atoms with E-state index in [1.165, 1.54) is 29.8 Å². The summed E-state index contributed by atoms with van der Waals surface area (Å²) in [7, 11) is 4.70. The van der Waals surface area contributed by atoms with E-state index in [1.807, 2.05) is 30.3 Å². The van der Waals surface area contributed by atoms with Crippen LogP contribution in [0.25, 0.3) is 21.1 Å². The van der Waals surface area contributed by atoms with Crippen LogP contribution in [0, 0.1) is 0 Å². The summed E-state index contributed by atoms with van der Waals surface area (Å²) in [6.07, 6.45) is 1.68. The summed E-state index contributed by atoms with van der Waals surface area (Å²) in [6.45, 7) is 0. The van der Waals surface area contributed by atoms with Crippen LogP contribution in [0.3, 0.4) is 0 Å². The van der Waals surface area contributed by atoms with Gasteiger partial charge in [0.05, 0.1) is 42.6 Å². The number of aromatic nitrogens is 2. The quantitative estimate of drug-likeness (QED) is 0.231. The van der Waals surface area contributed by atoms with E-state index in [0.717, 1.165) is 24.9 Å². The van der Waals surface area contributed by atoms with Crippen molar-refractivity contribution in [2.45, 2.75) is 0 Å². The molecule has 0 aliphatic heterocycles. The van der Waals surface area contributed by atoms with E-state index in [-0.39, 0.29) is 5.91 Å². The number of amides is 1. The highest BCUT2D eigenvalue weighted by Gasteiger charge is 2.19. The highest BCUT2D eigenvalue weighted by molar-refractivity contribution is 9.11. The second-order valence-corrected chi connectivity index (χ2v) is 10.4. The number of carbonyl (C=O) groups is 1. The topological polar surface area (TPSA) is 91.8 Å². The SMILES string of the molecule is COc1cc2nccc(Oc3ccc4nc(NC(=O)c5csc(Br)c5OC)sc4c3)c2cc1OC. The van der Waals surface area contributed by atoms with Crippen molar-refractivity contribution in [2.75, 3.05) is 26.6 Å². The standard InChI is InChI=1S/C24H18BrN3O5S2/c1-30-18-9-13-16(10-19(18)31-2)26-7-6-17(13)33-12-4-5-15-20(8-12)35-24(27-15)28-23(29)14-11-34-22(25)21(14)32-3/h4-11H,1-3H3,(H,27,28,29). The van der Waals surface area contributed by atoms with Crippen LogP contribution >= 0.6 is 38.6 Å². The average molecular weight is 572 g/mol. The van der Waals surface area contributed by atoms with E-state index in [1.54, 1.807) is 31.9 Å². The third-order valence-corrected chi connectivity index (χ3v) is 7.77. The Morgan fingerprint density at radius 1 is 0.971 bits per heavy atom. The highest BCUT2D eigenvalue weighted by atomic mass is 79.9. The number of hydrogen-bond acceptors (Lipinski definition) is 9. The molecule has 0 unspecified atom stereocenters. The maximum Gasteiger partial charge on any atom is 0.262 e. The molecule has 0 fully saturated rings. The molecule has 0 spiro atoms. The largest absolute Gasteiger partial charge is 0.494 e. The predicted molar refractivity (Wildman–Crippen MR) is 141 cm³/mol. The first-order chi connectivity index (χ1) is 17.0. The Bertz CT molecular complexity index is 1570. The zero-order valence-corrected chi connectivity index (χ0v) is 22.0. The number of benzene rings is 2. The molecule has 5 rings (SSSR count).